The van der Waals surface area contributed by atoms with Crippen LogP contribution in [0.5, 0.6) is 0 Å². The molecule has 0 spiro atoms. The lowest BCUT2D eigenvalue weighted by Gasteiger charge is -2.38. The summed E-state index contributed by atoms with van der Waals surface area (Å²) in [6.07, 6.45) is 9.54. The fourth-order valence-electron chi connectivity index (χ4n) is 2.75. The molecular formula is C12H24N2. The van der Waals surface area contributed by atoms with Gasteiger partial charge >= 0.3 is 0 Å². The third-order valence-corrected chi connectivity index (χ3v) is 4.14. The lowest BCUT2D eigenvalue weighted by atomic mass is 9.84. The van der Waals surface area contributed by atoms with Crippen LogP contribution in [0.1, 0.15) is 44.9 Å². The summed E-state index contributed by atoms with van der Waals surface area (Å²) in [5, 5.41) is 0. The fraction of sp³-hybridized carbons (Fsp3) is 1.00. The molecule has 82 valence electrons. The molecule has 0 aromatic rings. The fourth-order valence-corrected chi connectivity index (χ4v) is 2.75. The van der Waals surface area contributed by atoms with Crippen LogP contribution < -0.4 is 5.73 Å². The van der Waals surface area contributed by atoms with E-state index in [9.17, 15) is 0 Å². The van der Waals surface area contributed by atoms with Crippen molar-refractivity contribution in [2.75, 3.05) is 13.6 Å². The average Bonchev–Trinajstić information content (AvgIpc) is 2.06. The van der Waals surface area contributed by atoms with Crippen molar-refractivity contribution in [2.24, 2.45) is 11.7 Å². The minimum absolute atomic E-state index is 0.500. The first-order valence-corrected chi connectivity index (χ1v) is 6.21. The second-order valence-corrected chi connectivity index (χ2v) is 5.31. The van der Waals surface area contributed by atoms with Gasteiger partial charge < -0.3 is 10.6 Å². The molecule has 2 aliphatic carbocycles. The number of hydrogen-bond donors (Lipinski definition) is 1. The van der Waals surface area contributed by atoms with Gasteiger partial charge in [-0.3, -0.25) is 0 Å². The molecule has 2 N–H and O–H groups in total. The smallest absolute Gasteiger partial charge is 0.00923 e. The topological polar surface area (TPSA) is 29.3 Å². The Balaban J connectivity index is 1.68. The largest absolute Gasteiger partial charge is 0.328 e. The van der Waals surface area contributed by atoms with Crippen molar-refractivity contribution in [3.63, 3.8) is 0 Å². The molecule has 2 heteroatoms. The highest BCUT2D eigenvalue weighted by molar-refractivity contribution is 4.81. The van der Waals surface area contributed by atoms with Crippen molar-refractivity contribution < 1.29 is 0 Å². The molecule has 0 aliphatic heterocycles. The Kier molecular flexibility index (Phi) is 3.45. The van der Waals surface area contributed by atoms with Gasteiger partial charge in [-0.25, -0.2) is 0 Å². The maximum atomic E-state index is 5.91. The van der Waals surface area contributed by atoms with Crippen LogP contribution in [0.3, 0.4) is 0 Å². The van der Waals surface area contributed by atoms with Crippen LogP contribution in [-0.4, -0.2) is 30.6 Å². The van der Waals surface area contributed by atoms with Crippen LogP contribution in [0.4, 0.5) is 0 Å². The van der Waals surface area contributed by atoms with Gasteiger partial charge in [-0.1, -0.05) is 6.42 Å². The molecule has 0 aromatic carbocycles. The molecule has 0 unspecified atom stereocenters. The number of nitrogens with zero attached hydrogens (tertiary/aromatic N) is 1. The van der Waals surface area contributed by atoms with Crippen LogP contribution in [0.25, 0.3) is 0 Å². The highest BCUT2D eigenvalue weighted by Crippen LogP contribution is 2.28. The third-order valence-electron chi connectivity index (χ3n) is 4.14. The molecule has 0 saturated heterocycles. The van der Waals surface area contributed by atoms with E-state index in [1.807, 2.05) is 0 Å². The van der Waals surface area contributed by atoms with E-state index in [-0.39, 0.29) is 0 Å². The van der Waals surface area contributed by atoms with E-state index >= 15 is 0 Å². The molecule has 14 heavy (non-hydrogen) atoms. The van der Waals surface area contributed by atoms with Gasteiger partial charge in [0.15, 0.2) is 0 Å². The van der Waals surface area contributed by atoms with Gasteiger partial charge in [0, 0.05) is 18.6 Å². The molecule has 0 amide bonds. The second kappa shape index (κ2) is 4.63. The van der Waals surface area contributed by atoms with Gasteiger partial charge in [-0.2, -0.15) is 0 Å². The van der Waals surface area contributed by atoms with E-state index in [2.05, 4.69) is 11.9 Å². The van der Waals surface area contributed by atoms with Gasteiger partial charge in [0.1, 0.15) is 0 Å². The highest BCUT2D eigenvalue weighted by Gasteiger charge is 2.25. The van der Waals surface area contributed by atoms with E-state index in [1.54, 1.807) is 0 Å². The van der Waals surface area contributed by atoms with Crippen molar-refractivity contribution in [3.05, 3.63) is 0 Å². The molecule has 2 nitrogen and oxygen atoms in total. The Hall–Kier alpha value is -0.0800. The Bertz CT molecular complexity index is 169. The molecule has 0 radical (unpaired) electrons. The zero-order valence-corrected chi connectivity index (χ0v) is 9.41. The Morgan fingerprint density at radius 2 is 1.71 bits per heavy atom. The number of rotatable bonds is 3. The predicted molar refractivity (Wildman–Crippen MR) is 60.2 cm³/mol. The maximum Gasteiger partial charge on any atom is 0.00923 e. The van der Waals surface area contributed by atoms with Gasteiger partial charge in [0.05, 0.1) is 0 Å². The van der Waals surface area contributed by atoms with E-state index in [0.717, 1.165) is 12.0 Å². The first-order chi connectivity index (χ1) is 6.75. The summed E-state index contributed by atoms with van der Waals surface area (Å²) in [5.74, 6) is 0.931. The van der Waals surface area contributed by atoms with Gasteiger partial charge in [-0.05, 0) is 51.5 Å². The molecule has 0 aromatic heterocycles. The lowest BCUT2D eigenvalue weighted by molar-refractivity contribution is 0.124. The van der Waals surface area contributed by atoms with Crippen LogP contribution >= 0.6 is 0 Å². The van der Waals surface area contributed by atoms with Crippen LogP contribution in [0.2, 0.25) is 0 Å². The Morgan fingerprint density at radius 1 is 1.07 bits per heavy atom. The normalized spacial score (nSPS) is 34.5. The minimum Gasteiger partial charge on any atom is -0.328 e. The number of nitrogens with two attached hydrogens (primary N) is 1. The summed E-state index contributed by atoms with van der Waals surface area (Å²) in [6, 6.07) is 1.41. The quantitative estimate of drug-likeness (QED) is 0.748. The van der Waals surface area contributed by atoms with Gasteiger partial charge in [0.2, 0.25) is 0 Å². The molecule has 0 heterocycles. The third kappa shape index (κ3) is 2.48. The Labute approximate surface area is 87.8 Å². The van der Waals surface area contributed by atoms with Crippen molar-refractivity contribution in [2.45, 2.75) is 57.0 Å². The summed E-state index contributed by atoms with van der Waals surface area (Å²) < 4.78 is 0. The van der Waals surface area contributed by atoms with Crippen molar-refractivity contribution >= 4 is 0 Å². The maximum absolute atomic E-state index is 5.91. The predicted octanol–water partition coefficient (Wildman–Crippen LogP) is 1.99. The molecule has 2 aliphatic rings. The molecule has 0 bridgehead atoms. The summed E-state index contributed by atoms with van der Waals surface area (Å²) in [4.78, 5) is 2.59. The van der Waals surface area contributed by atoms with Crippen LogP contribution in [0.15, 0.2) is 0 Å². The Morgan fingerprint density at radius 3 is 2.21 bits per heavy atom. The zero-order chi connectivity index (χ0) is 9.97. The summed E-state index contributed by atoms with van der Waals surface area (Å²) in [6.45, 7) is 1.32. The summed E-state index contributed by atoms with van der Waals surface area (Å²) in [7, 11) is 2.30. The standard InChI is InChI=1S/C12H24N2/c1-14(12-3-2-4-12)9-10-5-7-11(13)8-6-10/h10-12H,2-9,13H2,1H3. The molecule has 2 saturated carbocycles. The van der Waals surface area contributed by atoms with Crippen LogP contribution in [-0.2, 0) is 0 Å². The van der Waals surface area contributed by atoms with Crippen molar-refractivity contribution in [1.82, 2.24) is 4.90 Å². The zero-order valence-electron chi connectivity index (χ0n) is 9.41. The van der Waals surface area contributed by atoms with Crippen molar-refractivity contribution in [3.8, 4) is 0 Å². The first kappa shape index (κ1) is 10.4. The van der Waals surface area contributed by atoms with E-state index in [1.165, 1.54) is 51.5 Å². The molecule has 0 atom stereocenters. The van der Waals surface area contributed by atoms with Crippen molar-refractivity contribution in [1.29, 1.82) is 0 Å². The highest BCUT2D eigenvalue weighted by atomic mass is 15.1. The van der Waals surface area contributed by atoms with Crippen LogP contribution in [0, 0.1) is 5.92 Å². The minimum atomic E-state index is 0.500. The van der Waals surface area contributed by atoms with Gasteiger partial charge in [0.25, 0.3) is 0 Å². The lowest BCUT2D eigenvalue weighted by Crippen LogP contribution is -2.41. The summed E-state index contributed by atoms with van der Waals surface area (Å²) in [5.41, 5.74) is 5.91. The molecule has 2 rings (SSSR count). The molecular weight excluding hydrogens is 172 g/mol. The SMILES string of the molecule is CN(CC1CCC(N)CC1)C1CCC1. The monoisotopic (exact) mass is 196 g/mol. The van der Waals surface area contributed by atoms with E-state index in [4.69, 9.17) is 5.73 Å². The second-order valence-electron chi connectivity index (χ2n) is 5.31. The van der Waals surface area contributed by atoms with E-state index in [0.29, 0.717) is 6.04 Å². The average molecular weight is 196 g/mol. The van der Waals surface area contributed by atoms with Gasteiger partial charge in [-0.15, -0.1) is 0 Å². The van der Waals surface area contributed by atoms with E-state index < -0.39 is 0 Å². The number of hydrogen-bond acceptors (Lipinski definition) is 2. The first-order valence-electron chi connectivity index (χ1n) is 6.21. The molecule has 2 fully saturated rings. The summed E-state index contributed by atoms with van der Waals surface area (Å²) >= 11 is 0.